The van der Waals surface area contributed by atoms with E-state index in [1.807, 2.05) is 0 Å². The van der Waals surface area contributed by atoms with E-state index in [1.54, 1.807) is 0 Å². The van der Waals surface area contributed by atoms with Gasteiger partial charge in [0.2, 0.25) is 0 Å². The molecule has 0 aliphatic carbocycles. The van der Waals surface area contributed by atoms with Crippen LogP contribution in [0.2, 0.25) is 0 Å². The molecule has 0 spiro atoms. The third kappa shape index (κ3) is 20.0. The van der Waals surface area contributed by atoms with Gasteiger partial charge >= 0.3 is 0 Å². The van der Waals surface area contributed by atoms with Crippen LogP contribution in [0.15, 0.2) is 0 Å². The fourth-order valence-corrected chi connectivity index (χ4v) is 3.46. The highest BCUT2D eigenvalue weighted by Gasteiger charge is 2.13. The van der Waals surface area contributed by atoms with E-state index in [0.29, 0.717) is 0 Å². The van der Waals surface area contributed by atoms with Crippen molar-refractivity contribution in [3.8, 4) is 0 Å². The van der Waals surface area contributed by atoms with Gasteiger partial charge in [0.05, 0.1) is 27.2 Å². The minimum atomic E-state index is 0. The number of hydrogen-bond donors (Lipinski definition) is 0. The molecule has 0 aromatic rings. The molecule has 2 heteroatoms. The van der Waals surface area contributed by atoms with Gasteiger partial charge in [-0.3, -0.25) is 0 Å². The maximum atomic E-state index is 2.43. The van der Waals surface area contributed by atoms with Crippen LogP contribution in [0.3, 0.4) is 0 Å². The molecule has 0 radical (unpaired) electrons. The predicted octanol–water partition coefficient (Wildman–Crippen LogP) is 7.17. The van der Waals surface area contributed by atoms with E-state index in [0.717, 1.165) is 0 Å². The third-order valence-corrected chi connectivity index (χ3v) is 5.23. The first-order chi connectivity index (χ1) is 11.1. The van der Waals surface area contributed by atoms with Crippen molar-refractivity contribution in [3.05, 3.63) is 0 Å². The largest absolute Gasteiger partial charge is 0.870 e. The minimum Gasteiger partial charge on any atom is -0.870 e. The van der Waals surface area contributed by atoms with Crippen LogP contribution in [-0.4, -0.2) is 37.1 Å². The Bertz CT molecular complexity index is 206. The molecule has 2 nitrogen and oxygen atoms in total. The normalized spacial score (nSPS) is 11.5. The van der Waals surface area contributed by atoms with Crippen LogP contribution in [0.1, 0.15) is 117 Å². The third-order valence-electron chi connectivity index (χ3n) is 5.23. The summed E-state index contributed by atoms with van der Waals surface area (Å²) in [5.41, 5.74) is 0. The molecule has 0 saturated heterocycles. The number of rotatable bonds is 18. The minimum absolute atomic E-state index is 0. The highest BCUT2D eigenvalue weighted by Crippen LogP contribution is 2.13. The number of unbranched alkanes of at least 4 members (excludes halogenated alkanes) is 14. The van der Waals surface area contributed by atoms with E-state index < -0.39 is 0 Å². The molecule has 0 rings (SSSR count). The van der Waals surface area contributed by atoms with E-state index in [1.165, 1.54) is 120 Å². The van der Waals surface area contributed by atoms with Crippen LogP contribution in [0, 0.1) is 0 Å². The molecule has 0 atom stereocenters. The number of hydrogen-bond acceptors (Lipinski definition) is 1. The molecular formula is C22H49NO. The van der Waals surface area contributed by atoms with Crippen molar-refractivity contribution in [1.29, 1.82) is 0 Å². The summed E-state index contributed by atoms with van der Waals surface area (Å²) in [5.74, 6) is 0. The lowest BCUT2D eigenvalue weighted by Gasteiger charge is -2.30. The Kier molecular flexibility index (Phi) is 21.0. The van der Waals surface area contributed by atoms with Crippen LogP contribution in [0.25, 0.3) is 0 Å². The smallest absolute Gasteiger partial charge is 0.0782 e. The molecular weight excluding hydrogens is 294 g/mol. The van der Waals surface area contributed by atoms with E-state index >= 15 is 0 Å². The van der Waals surface area contributed by atoms with Crippen molar-refractivity contribution < 1.29 is 9.96 Å². The second-order valence-electron chi connectivity index (χ2n) is 8.33. The number of nitrogens with zero attached hydrogens (tertiary/aromatic N) is 1. The summed E-state index contributed by atoms with van der Waals surface area (Å²) >= 11 is 0. The Morgan fingerprint density at radius 1 is 0.417 bits per heavy atom. The second kappa shape index (κ2) is 19.2. The molecule has 1 N–H and O–H groups in total. The standard InChI is InChI=1S/C22H48N.H2O/c1-5-7-9-11-13-15-17-19-21-23(3,4)22-20-18-16-14-12-10-8-6-2;/h5-22H2,1-4H3;1H2/q+1;/p-1. The zero-order valence-electron chi connectivity index (χ0n) is 17.6. The lowest BCUT2D eigenvalue weighted by Crippen LogP contribution is -2.41. The molecule has 24 heavy (non-hydrogen) atoms. The van der Waals surface area contributed by atoms with Crippen molar-refractivity contribution in [2.45, 2.75) is 117 Å². The van der Waals surface area contributed by atoms with Gasteiger partial charge in [-0.05, 0) is 25.7 Å². The Balaban J connectivity index is 0. The molecule has 0 aliphatic rings. The summed E-state index contributed by atoms with van der Waals surface area (Å²) in [6, 6.07) is 0. The van der Waals surface area contributed by atoms with Crippen LogP contribution < -0.4 is 0 Å². The van der Waals surface area contributed by atoms with Crippen molar-refractivity contribution in [3.63, 3.8) is 0 Å². The summed E-state index contributed by atoms with van der Waals surface area (Å²) in [5, 5.41) is 0. The van der Waals surface area contributed by atoms with Crippen molar-refractivity contribution in [2.75, 3.05) is 27.2 Å². The van der Waals surface area contributed by atoms with Gasteiger partial charge in [-0.1, -0.05) is 90.9 Å². The first-order valence-electron chi connectivity index (χ1n) is 10.9. The van der Waals surface area contributed by atoms with E-state index in [-0.39, 0.29) is 5.48 Å². The van der Waals surface area contributed by atoms with E-state index in [2.05, 4.69) is 27.9 Å². The second-order valence-corrected chi connectivity index (χ2v) is 8.33. The highest BCUT2D eigenvalue weighted by atomic mass is 16.0. The van der Waals surface area contributed by atoms with Gasteiger partial charge in [0, 0.05) is 0 Å². The van der Waals surface area contributed by atoms with Gasteiger partial charge in [-0.15, -0.1) is 0 Å². The average Bonchev–Trinajstić information content (AvgIpc) is 2.52. The molecule has 0 aromatic carbocycles. The van der Waals surface area contributed by atoms with Gasteiger partial charge < -0.3 is 9.96 Å². The summed E-state index contributed by atoms with van der Waals surface area (Å²) in [7, 11) is 4.87. The molecule has 0 fully saturated rings. The van der Waals surface area contributed by atoms with Crippen LogP contribution in [0.5, 0.6) is 0 Å². The predicted molar refractivity (Wildman–Crippen MR) is 109 cm³/mol. The molecule has 0 aliphatic heterocycles. The Morgan fingerprint density at radius 3 is 0.958 bits per heavy atom. The van der Waals surface area contributed by atoms with Gasteiger partial charge in [0.1, 0.15) is 0 Å². The zero-order valence-corrected chi connectivity index (χ0v) is 17.6. The fraction of sp³-hybridized carbons (Fsp3) is 1.00. The molecule has 0 amide bonds. The van der Waals surface area contributed by atoms with E-state index in [4.69, 9.17) is 0 Å². The van der Waals surface area contributed by atoms with Crippen molar-refractivity contribution in [1.82, 2.24) is 0 Å². The molecule has 0 unspecified atom stereocenters. The lowest BCUT2D eigenvalue weighted by molar-refractivity contribution is -0.890. The van der Waals surface area contributed by atoms with Gasteiger partial charge in [-0.25, -0.2) is 0 Å². The molecule has 0 heterocycles. The summed E-state index contributed by atoms with van der Waals surface area (Å²) in [6.07, 6.45) is 23.0. The maximum absolute atomic E-state index is 2.43. The monoisotopic (exact) mass is 343 g/mol. The Labute approximate surface area is 154 Å². The summed E-state index contributed by atoms with van der Waals surface area (Å²) in [4.78, 5) is 0. The maximum Gasteiger partial charge on any atom is 0.0782 e. The summed E-state index contributed by atoms with van der Waals surface area (Å²) < 4.78 is 1.24. The first kappa shape index (κ1) is 26.2. The van der Waals surface area contributed by atoms with Crippen LogP contribution in [-0.2, 0) is 0 Å². The van der Waals surface area contributed by atoms with Crippen molar-refractivity contribution in [2.24, 2.45) is 0 Å². The topological polar surface area (TPSA) is 30.0 Å². The van der Waals surface area contributed by atoms with Crippen LogP contribution >= 0.6 is 0 Å². The lowest BCUT2D eigenvalue weighted by atomic mass is 10.1. The Hall–Kier alpha value is -0.0800. The highest BCUT2D eigenvalue weighted by molar-refractivity contribution is 4.48. The fourth-order valence-electron chi connectivity index (χ4n) is 3.46. The summed E-state index contributed by atoms with van der Waals surface area (Å²) in [6.45, 7) is 7.36. The molecule has 0 saturated carbocycles. The van der Waals surface area contributed by atoms with Crippen LogP contribution in [0.4, 0.5) is 0 Å². The zero-order chi connectivity index (χ0) is 17.2. The van der Waals surface area contributed by atoms with E-state index in [9.17, 15) is 0 Å². The first-order valence-corrected chi connectivity index (χ1v) is 10.9. The molecule has 148 valence electrons. The number of quaternary nitrogens is 1. The Morgan fingerprint density at radius 2 is 0.667 bits per heavy atom. The van der Waals surface area contributed by atoms with Gasteiger partial charge in [0.25, 0.3) is 0 Å². The quantitative estimate of drug-likeness (QED) is 0.192. The average molecular weight is 344 g/mol. The molecule has 0 bridgehead atoms. The van der Waals surface area contributed by atoms with Gasteiger partial charge in [0.15, 0.2) is 0 Å². The van der Waals surface area contributed by atoms with Gasteiger partial charge in [-0.2, -0.15) is 0 Å². The van der Waals surface area contributed by atoms with Crippen molar-refractivity contribution >= 4 is 0 Å². The SMILES string of the molecule is CCCCCCCCCC[N+](C)(C)CCCCCCCCCC.[OH-]. The molecule has 0 aromatic heterocycles.